The van der Waals surface area contributed by atoms with Crippen molar-refractivity contribution in [1.82, 2.24) is 0 Å². The largest absolute Gasteiger partial charge is 0.668 e. The van der Waals surface area contributed by atoms with Gasteiger partial charge in [0.1, 0.15) is 0 Å². The maximum absolute atomic E-state index is 10.6. The monoisotopic (exact) mass is 273 g/mol. The first-order valence-corrected chi connectivity index (χ1v) is 4.60. The minimum atomic E-state index is -1.43. The Morgan fingerprint density at radius 3 is 1.70 bits per heavy atom. The molecular weight excluding hydrogens is 267 g/mol. The van der Waals surface area contributed by atoms with E-state index in [4.69, 9.17) is 0 Å². The topological polar surface area (TPSA) is 38.4 Å². The molecule has 0 spiro atoms. The summed E-state index contributed by atoms with van der Waals surface area (Å²) in [6.45, 7) is 3.40. The Balaban J connectivity index is 3.34. The fourth-order valence-electron chi connectivity index (χ4n) is 0.338. The SMILES string of the molecule is CC(Br)OB([O])OC(C)Br. The molecule has 0 aliphatic heterocycles. The van der Waals surface area contributed by atoms with E-state index in [-0.39, 0.29) is 10.0 Å². The molecule has 0 aromatic rings. The standard InChI is InChI=1S/C4H8BBr2O3/c1-3(6)9-5(8)10-4(2)7/h3-4H,1-2H3. The molecule has 2 atom stereocenters. The lowest BCUT2D eigenvalue weighted by Crippen LogP contribution is -2.25. The quantitative estimate of drug-likeness (QED) is 0.580. The van der Waals surface area contributed by atoms with Crippen LogP contribution in [-0.4, -0.2) is 17.3 Å². The molecule has 0 saturated carbocycles. The van der Waals surface area contributed by atoms with Gasteiger partial charge in [-0.25, -0.2) is 5.02 Å². The van der Waals surface area contributed by atoms with Crippen LogP contribution in [0, 0.1) is 0 Å². The first-order chi connectivity index (χ1) is 4.52. The van der Waals surface area contributed by atoms with Crippen molar-refractivity contribution in [3.05, 3.63) is 0 Å². The van der Waals surface area contributed by atoms with Crippen molar-refractivity contribution < 1.29 is 14.3 Å². The molecule has 0 aromatic heterocycles. The molecular formula is C4H8BBr2O3. The minimum absolute atomic E-state index is 0.277. The number of halogens is 2. The Hall–Kier alpha value is 0.905. The third-order valence-corrected chi connectivity index (χ3v) is 1.03. The second-order valence-electron chi connectivity index (χ2n) is 1.65. The van der Waals surface area contributed by atoms with Crippen LogP contribution in [0.3, 0.4) is 0 Å². The Kier molecular flexibility index (Phi) is 6.04. The van der Waals surface area contributed by atoms with Gasteiger partial charge < -0.3 is 9.31 Å². The van der Waals surface area contributed by atoms with Crippen LogP contribution >= 0.6 is 31.9 Å². The Morgan fingerprint density at radius 1 is 1.20 bits per heavy atom. The van der Waals surface area contributed by atoms with Gasteiger partial charge in [-0.05, 0) is 13.8 Å². The summed E-state index contributed by atoms with van der Waals surface area (Å²) in [6, 6.07) is 0. The van der Waals surface area contributed by atoms with E-state index in [1.807, 2.05) is 0 Å². The summed E-state index contributed by atoms with van der Waals surface area (Å²) in [5, 5.41) is 10.1. The van der Waals surface area contributed by atoms with Gasteiger partial charge in [0.25, 0.3) is 0 Å². The summed E-state index contributed by atoms with van der Waals surface area (Å²) in [5.74, 6) is 0. The van der Waals surface area contributed by atoms with E-state index in [0.29, 0.717) is 0 Å². The zero-order chi connectivity index (χ0) is 8.15. The van der Waals surface area contributed by atoms with Crippen molar-refractivity contribution in [1.29, 1.82) is 0 Å². The predicted molar refractivity (Wildman–Crippen MR) is 45.4 cm³/mol. The molecule has 3 nitrogen and oxygen atoms in total. The highest BCUT2D eigenvalue weighted by Gasteiger charge is 2.21. The highest BCUT2D eigenvalue weighted by molar-refractivity contribution is 9.09. The van der Waals surface area contributed by atoms with Crippen LogP contribution in [0.25, 0.3) is 0 Å². The average molecular weight is 275 g/mol. The summed E-state index contributed by atoms with van der Waals surface area (Å²) in [4.78, 5) is 0. The molecule has 0 N–H and O–H groups in total. The van der Waals surface area contributed by atoms with E-state index in [1.165, 1.54) is 0 Å². The number of rotatable bonds is 4. The molecule has 0 fully saturated rings. The number of hydrogen-bond acceptors (Lipinski definition) is 2. The summed E-state index contributed by atoms with van der Waals surface area (Å²) >= 11 is 6.09. The number of alkyl halides is 2. The van der Waals surface area contributed by atoms with Crippen molar-refractivity contribution in [2.75, 3.05) is 0 Å². The molecule has 0 aliphatic rings. The summed E-state index contributed by atoms with van der Waals surface area (Å²) < 4.78 is 9.34. The van der Waals surface area contributed by atoms with Gasteiger partial charge in [0.2, 0.25) is 0 Å². The van der Waals surface area contributed by atoms with Gasteiger partial charge in [-0.15, -0.1) is 0 Å². The molecule has 0 heterocycles. The smallest absolute Gasteiger partial charge is 0.372 e. The van der Waals surface area contributed by atoms with Gasteiger partial charge in [-0.1, -0.05) is 31.9 Å². The van der Waals surface area contributed by atoms with Crippen LogP contribution in [-0.2, 0) is 14.3 Å². The van der Waals surface area contributed by atoms with E-state index in [1.54, 1.807) is 13.8 Å². The average Bonchev–Trinajstić information content (AvgIpc) is 1.58. The summed E-state index contributed by atoms with van der Waals surface area (Å²) in [7, 11) is -1.43. The van der Waals surface area contributed by atoms with E-state index < -0.39 is 7.32 Å². The van der Waals surface area contributed by atoms with Gasteiger partial charge in [-0.3, -0.25) is 0 Å². The zero-order valence-corrected chi connectivity index (χ0v) is 8.88. The molecule has 6 heteroatoms. The van der Waals surface area contributed by atoms with Gasteiger partial charge >= 0.3 is 7.32 Å². The van der Waals surface area contributed by atoms with Crippen molar-refractivity contribution in [3.63, 3.8) is 0 Å². The van der Waals surface area contributed by atoms with Gasteiger partial charge in [0.05, 0.1) is 10.0 Å². The summed E-state index contributed by atoms with van der Waals surface area (Å²) in [6.07, 6.45) is 0. The zero-order valence-electron chi connectivity index (χ0n) is 5.71. The maximum atomic E-state index is 10.6. The summed E-state index contributed by atoms with van der Waals surface area (Å²) in [5.41, 5.74) is 0. The highest BCUT2D eigenvalue weighted by Crippen LogP contribution is 2.06. The van der Waals surface area contributed by atoms with Gasteiger partial charge in [0.15, 0.2) is 0 Å². The third-order valence-electron chi connectivity index (χ3n) is 0.597. The van der Waals surface area contributed by atoms with Crippen LogP contribution in [0.5, 0.6) is 0 Å². The van der Waals surface area contributed by atoms with Crippen LogP contribution in [0.15, 0.2) is 0 Å². The highest BCUT2D eigenvalue weighted by atomic mass is 79.9. The Morgan fingerprint density at radius 2 is 1.50 bits per heavy atom. The first-order valence-electron chi connectivity index (χ1n) is 2.77. The van der Waals surface area contributed by atoms with E-state index in [0.717, 1.165) is 0 Å². The minimum Gasteiger partial charge on any atom is -0.372 e. The molecule has 0 amide bonds. The third kappa shape index (κ3) is 7.02. The molecule has 0 bridgehead atoms. The van der Waals surface area contributed by atoms with E-state index in [2.05, 4.69) is 41.2 Å². The fraction of sp³-hybridized carbons (Fsp3) is 1.00. The Bertz CT molecular complexity index is 80.6. The molecule has 0 saturated heterocycles. The first kappa shape index (κ1) is 10.9. The van der Waals surface area contributed by atoms with Crippen molar-refractivity contribution >= 4 is 39.2 Å². The molecule has 1 radical (unpaired) electrons. The molecule has 10 heavy (non-hydrogen) atoms. The van der Waals surface area contributed by atoms with Crippen LogP contribution in [0.2, 0.25) is 0 Å². The van der Waals surface area contributed by atoms with Crippen molar-refractivity contribution in [2.24, 2.45) is 0 Å². The molecule has 0 rings (SSSR count). The fourth-order valence-corrected chi connectivity index (χ4v) is 0.691. The molecule has 59 valence electrons. The lowest BCUT2D eigenvalue weighted by Gasteiger charge is -2.09. The molecule has 2 unspecified atom stereocenters. The van der Waals surface area contributed by atoms with Crippen LogP contribution in [0.4, 0.5) is 0 Å². The lowest BCUT2D eigenvalue weighted by atomic mass is 10.2. The van der Waals surface area contributed by atoms with E-state index in [9.17, 15) is 5.02 Å². The van der Waals surface area contributed by atoms with Gasteiger partial charge in [-0.2, -0.15) is 0 Å². The maximum Gasteiger partial charge on any atom is 0.668 e. The van der Waals surface area contributed by atoms with Crippen LogP contribution < -0.4 is 0 Å². The van der Waals surface area contributed by atoms with Crippen molar-refractivity contribution in [3.8, 4) is 0 Å². The molecule has 0 aromatic carbocycles. The predicted octanol–water partition coefficient (Wildman–Crippen LogP) is 1.92. The second kappa shape index (κ2) is 5.54. The van der Waals surface area contributed by atoms with Crippen molar-refractivity contribution in [2.45, 2.75) is 23.9 Å². The Labute approximate surface area is 77.5 Å². The van der Waals surface area contributed by atoms with Gasteiger partial charge in [0, 0.05) is 0 Å². The van der Waals surface area contributed by atoms with Crippen LogP contribution in [0.1, 0.15) is 13.8 Å². The number of hydrogen-bond donors (Lipinski definition) is 0. The second-order valence-corrected chi connectivity index (χ2v) is 4.23. The lowest BCUT2D eigenvalue weighted by molar-refractivity contribution is 0.103. The molecule has 0 aliphatic carbocycles. The normalized spacial score (nSPS) is 16.5. The van der Waals surface area contributed by atoms with E-state index >= 15 is 0 Å².